The number of aliphatic hydroxyl groups excluding tert-OH is 1. The van der Waals surface area contributed by atoms with Gasteiger partial charge >= 0.3 is 6.03 Å². The van der Waals surface area contributed by atoms with Crippen molar-refractivity contribution in [2.45, 2.75) is 24.3 Å². The Kier molecular flexibility index (Phi) is 7.12. The molecule has 4 aromatic rings. The summed E-state index contributed by atoms with van der Waals surface area (Å²) < 4.78 is 6.73. The van der Waals surface area contributed by atoms with E-state index in [2.05, 4.69) is 5.32 Å². The highest BCUT2D eigenvalue weighted by atomic mass is 16.5. The van der Waals surface area contributed by atoms with Crippen molar-refractivity contribution in [1.29, 1.82) is 0 Å². The second kappa shape index (κ2) is 10.8. The lowest BCUT2D eigenvalue weighted by atomic mass is 9.80. The molecule has 0 unspecified atom stereocenters. The summed E-state index contributed by atoms with van der Waals surface area (Å²) in [5, 5.41) is 14.1. The number of benzene rings is 4. The Morgan fingerprint density at radius 2 is 1.22 bits per heavy atom. The molecular weight excluding hydrogens is 448 g/mol. The van der Waals surface area contributed by atoms with Gasteiger partial charge in [0.05, 0.1) is 18.8 Å². The molecule has 182 valence electrons. The van der Waals surface area contributed by atoms with Crippen molar-refractivity contribution in [3.8, 4) is 0 Å². The zero-order valence-electron chi connectivity index (χ0n) is 20.0. The summed E-state index contributed by atoms with van der Waals surface area (Å²) in [7, 11) is 0. The first kappa shape index (κ1) is 23.8. The zero-order valence-corrected chi connectivity index (χ0v) is 20.0. The Labute approximate surface area is 212 Å². The van der Waals surface area contributed by atoms with Crippen LogP contribution in [-0.2, 0) is 16.9 Å². The summed E-state index contributed by atoms with van der Waals surface area (Å²) in [5.74, 6) is 0. The van der Waals surface area contributed by atoms with Crippen molar-refractivity contribution >= 4 is 6.03 Å². The number of carbonyl (C=O) groups excluding carboxylic acids is 1. The molecule has 1 aliphatic heterocycles. The van der Waals surface area contributed by atoms with E-state index in [0.717, 1.165) is 22.3 Å². The maximum Gasteiger partial charge on any atom is 0.318 e. The number of carbonyl (C=O) groups is 1. The summed E-state index contributed by atoms with van der Waals surface area (Å²) in [6.07, 6.45) is -0.884. The summed E-state index contributed by atoms with van der Waals surface area (Å²) >= 11 is 0. The number of hydrogen-bond acceptors (Lipinski definition) is 3. The minimum atomic E-state index is -0.920. The molecule has 2 N–H and O–H groups in total. The smallest absolute Gasteiger partial charge is 0.318 e. The predicted octanol–water partition coefficient (Wildman–Crippen LogP) is 4.95. The quantitative estimate of drug-likeness (QED) is 0.335. The molecule has 1 fully saturated rings. The summed E-state index contributed by atoms with van der Waals surface area (Å²) in [6.45, 7) is 0.953. The molecule has 36 heavy (non-hydrogen) atoms. The topological polar surface area (TPSA) is 61.8 Å². The Morgan fingerprint density at radius 1 is 0.778 bits per heavy atom. The molecule has 1 aliphatic rings. The molecule has 5 heteroatoms. The van der Waals surface area contributed by atoms with Crippen molar-refractivity contribution < 1.29 is 14.6 Å². The second-order valence-corrected chi connectivity index (χ2v) is 9.08. The minimum absolute atomic E-state index is 0.0445. The van der Waals surface area contributed by atoms with Gasteiger partial charge in [-0.1, -0.05) is 121 Å². The first-order chi connectivity index (χ1) is 17.7. The fraction of sp³-hybridized carbons (Fsp3) is 0.194. The minimum Gasteiger partial charge on any atom is -0.388 e. The molecule has 2 amide bonds. The average Bonchev–Trinajstić information content (AvgIpc) is 3.31. The van der Waals surface area contributed by atoms with Crippen molar-refractivity contribution in [1.82, 2.24) is 10.2 Å². The normalized spacial score (nSPS) is 16.5. The highest BCUT2D eigenvalue weighted by Crippen LogP contribution is 2.40. The molecule has 0 saturated carbocycles. The van der Waals surface area contributed by atoms with Gasteiger partial charge in [-0.2, -0.15) is 0 Å². The van der Waals surface area contributed by atoms with Crippen LogP contribution < -0.4 is 5.32 Å². The molecule has 0 aliphatic carbocycles. The second-order valence-electron chi connectivity index (χ2n) is 9.08. The zero-order chi connectivity index (χ0) is 24.8. The van der Waals surface area contributed by atoms with Gasteiger partial charge in [-0.05, 0) is 22.3 Å². The fourth-order valence-electron chi connectivity index (χ4n) is 4.87. The third-order valence-corrected chi connectivity index (χ3v) is 6.71. The molecule has 2 atom stereocenters. The van der Waals surface area contributed by atoms with E-state index in [-0.39, 0.29) is 12.6 Å². The van der Waals surface area contributed by atoms with Crippen LogP contribution in [0.3, 0.4) is 0 Å². The highest BCUT2D eigenvalue weighted by molar-refractivity contribution is 5.77. The van der Waals surface area contributed by atoms with Crippen LogP contribution in [0.4, 0.5) is 4.79 Å². The maximum atomic E-state index is 12.6. The van der Waals surface area contributed by atoms with Gasteiger partial charge in [0, 0.05) is 13.1 Å². The monoisotopic (exact) mass is 478 g/mol. The standard InChI is InChI=1S/C31H30N2O3/c34-29(28-22-33(30(35)32-28)21-24-13-5-1-6-14-24)23-36-31(25-15-7-2-8-16-25,26-17-9-3-10-18-26)27-19-11-4-12-20-27/h1-20,28-29,34H,21-23H2,(H,32,35)/t28-,29-/m0/s1. The van der Waals surface area contributed by atoms with Crippen LogP contribution in [0, 0.1) is 0 Å². The van der Waals surface area contributed by atoms with Gasteiger partial charge in [0.15, 0.2) is 0 Å². The predicted molar refractivity (Wildman–Crippen MR) is 140 cm³/mol. The first-order valence-electron chi connectivity index (χ1n) is 12.2. The number of rotatable bonds is 9. The number of nitrogens with one attached hydrogen (secondary N) is 1. The lowest BCUT2D eigenvalue weighted by Crippen LogP contribution is -2.44. The van der Waals surface area contributed by atoms with Crippen LogP contribution in [0.25, 0.3) is 0 Å². The van der Waals surface area contributed by atoms with Gasteiger partial charge in [-0.3, -0.25) is 0 Å². The Balaban J connectivity index is 1.41. The summed E-state index contributed by atoms with van der Waals surface area (Å²) in [4.78, 5) is 14.3. The largest absolute Gasteiger partial charge is 0.388 e. The molecule has 4 aromatic carbocycles. The van der Waals surface area contributed by atoms with Crippen LogP contribution in [0.2, 0.25) is 0 Å². The van der Waals surface area contributed by atoms with Crippen LogP contribution in [-0.4, -0.2) is 41.3 Å². The SMILES string of the molecule is O=C1N[C@H]([C@@H](O)COC(c2ccccc2)(c2ccccc2)c2ccccc2)CN1Cc1ccccc1. The van der Waals surface area contributed by atoms with E-state index in [4.69, 9.17) is 4.74 Å². The van der Waals surface area contributed by atoms with E-state index >= 15 is 0 Å². The van der Waals surface area contributed by atoms with Gasteiger partial charge in [0.25, 0.3) is 0 Å². The van der Waals surface area contributed by atoms with Crippen molar-refractivity contribution in [2.75, 3.05) is 13.2 Å². The van der Waals surface area contributed by atoms with E-state index in [1.807, 2.05) is 121 Å². The van der Waals surface area contributed by atoms with E-state index < -0.39 is 17.7 Å². The fourth-order valence-corrected chi connectivity index (χ4v) is 4.87. The van der Waals surface area contributed by atoms with Crippen LogP contribution in [0.1, 0.15) is 22.3 Å². The third-order valence-electron chi connectivity index (χ3n) is 6.71. The highest BCUT2D eigenvalue weighted by Gasteiger charge is 2.40. The van der Waals surface area contributed by atoms with Crippen LogP contribution >= 0.6 is 0 Å². The number of aliphatic hydroxyl groups is 1. The molecule has 0 bridgehead atoms. The van der Waals surface area contributed by atoms with E-state index in [0.29, 0.717) is 13.1 Å². The van der Waals surface area contributed by atoms with Gasteiger partial charge in [-0.25, -0.2) is 4.79 Å². The van der Waals surface area contributed by atoms with E-state index in [1.54, 1.807) is 4.90 Å². The molecule has 0 spiro atoms. The van der Waals surface area contributed by atoms with Crippen molar-refractivity contribution in [3.05, 3.63) is 144 Å². The van der Waals surface area contributed by atoms with Gasteiger partial charge in [0.1, 0.15) is 5.60 Å². The molecule has 0 radical (unpaired) electrons. The van der Waals surface area contributed by atoms with Gasteiger partial charge in [0.2, 0.25) is 0 Å². The lowest BCUT2D eigenvalue weighted by molar-refractivity contribution is -0.0460. The number of hydrogen-bond donors (Lipinski definition) is 2. The maximum absolute atomic E-state index is 12.6. The Morgan fingerprint density at radius 3 is 1.69 bits per heavy atom. The molecule has 0 aromatic heterocycles. The molecule has 5 rings (SSSR count). The Bertz CT molecular complexity index is 1150. The van der Waals surface area contributed by atoms with Crippen LogP contribution in [0.5, 0.6) is 0 Å². The van der Waals surface area contributed by atoms with Gasteiger partial charge in [-0.15, -0.1) is 0 Å². The third kappa shape index (κ3) is 4.89. The molecule has 1 heterocycles. The summed E-state index contributed by atoms with van der Waals surface area (Å²) in [5.41, 5.74) is 3.04. The van der Waals surface area contributed by atoms with Crippen molar-refractivity contribution in [3.63, 3.8) is 0 Å². The number of nitrogens with zero attached hydrogens (tertiary/aromatic N) is 1. The molecule has 5 nitrogen and oxygen atoms in total. The van der Waals surface area contributed by atoms with E-state index in [1.165, 1.54) is 0 Å². The number of ether oxygens (including phenoxy) is 1. The number of urea groups is 1. The first-order valence-corrected chi connectivity index (χ1v) is 12.2. The lowest BCUT2D eigenvalue weighted by Gasteiger charge is -2.37. The van der Waals surface area contributed by atoms with Gasteiger partial charge < -0.3 is 20.1 Å². The average molecular weight is 479 g/mol. The molecule has 1 saturated heterocycles. The molecular formula is C31H30N2O3. The van der Waals surface area contributed by atoms with E-state index in [9.17, 15) is 9.90 Å². The number of amides is 2. The van der Waals surface area contributed by atoms with Crippen molar-refractivity contribution in [2.24, 2.45) is 0 Å². The van der Waals surface area contributed by atoms with Crippen LogP contribution in [0.15, 0.2) is 121 Å². The Hall–Kier alpha value is -3.93. The summed E-state index contributed by atoms with van der Waals surface area (Å²) in [6, 6.07) is 39.4.